The molecule has 33 heavy (non-hydrogen) atoms. The van der Waals surface area contributed by atoms with Crippen LogP contribution in [-0.2, 0) is 20.8 Å². The number of hydrogen-bond donors (Lipinski definition) is 6. The highest BCUT2D eigenvalue weighted by molar-refractivity contribution is 5.94. The highest BCUT2D eigenvalue weighted by Gasteiger charge is 2.24. The van der Waals surface area contributed by atoms with Crippen LogP contribution >= 0.6 is 0 Å². The van der Waals surface area contributed by atoms with Crippen molar-refractivity contribution < 1.29 is 39.3 Å². The summed E-state index contributed by atoms with van der Waals surface area (Å²) in [6.45, 7) is 2.40. The molecule has 0 saturated carbocycles. The van der Waals surface area contributed by atoms with Crippen molar-refractivity contribution in [2.45, 2.75) is 64.0 Å². The average Bonchev–Trinajstić information content (AvgIpc) is 2.75. The minimum absolute atomic E-state index is 0.0667. The highest BCUT2D eigenvalue weighted by atomic mass is 16.4. The minimum atomic E-state index is -1.46. The van der Waals surface area contributed by atoms with Crippen LogP contribution in [0.4, 0.5) is 4.79 Å². The van der Waals surface area contributed by atoms with E-state index >= 15 is 0 Å². The van der Waals surface area contributed by atoms with Gasteiger partial charge in [0.1, 0.15) is 12.1 Å². The summed E-state index contributed by atoms with van der Waals surface area (Å²) < 4.78 is 0. The lowest BCUT2D eigenvalue weighted by Gasteiger charge is -2.18. The molecule has 3 amide bonds. The summed E-state index contributed by atoms with van der Waals surface area (Å²) in [4.78, 5) is 57.2. The van der Waals surface area contributed by atoms with E-state index in [9.17, 15) is 29.1 Å². The summed E-state index contributed by atoms with van der Waals surface area (Å²) in [7, 11) is 0. The zero-order valence-corrected chi connectivity index (χ0v) is 18.5. The van der Waals surface area contributed by atoms with Crippen molar-refractivity contribution in [2.24, 2.45) is 0 Å². The fourth-order valence-corrected chi connectivity index (χ4v) is 3.03. The van der Waals surface area contributed by atoms with Gasteiger partial charge in [-0.15, -0.1) is 0 Å². The number of carboxylic acid groups (broad SMARTS) is 3. The SMILES string of the molecule is CCCc1ccc(C(=O)NCCCC[C@H](NC(=O)N[C@@H](CCC(=O)O)C(=O)O)C(=O)O)cc1. The Bertz CT molecular complexity index is 825. The number of hydrogen-bond acceptors (Lipinski definition) is 5. The maximum atomic E-state index is 12.2. The molecular weight excluding hydrogens is 434 g/mol. The normalized spacial score (nSPS) is 12.3. The highest BCUT2D eigenvalue weighted by Crippen LogP contribution is 2.07. The van der Waals surface area contributed by atoms with Crippen molar-refractivity contribution in [3.63, 3.8) is 0 Å². The Kier molecular flexibility index (Phi) is 12.0. The van der Waals surface area contributed by atoms with Crippen LogP contribution in [0.2, 0.25) is 0 Å². The van der Waals surface area contributed by atoms with Gasteiger partial charge in [0.25, 0.3) is 5.91 Å². The largest absolute Gasteiger partial charge is 0.481 e. The zero-order valence-electron chi connectivity index (χ0n) is 18.5. The van der Waals surface area contributed by atoms with E-state index in [0.717, 1.165) is 18.4 Å². The fourth-order valence-electron chi connectivity index (χ4n) is 3.03. The van der Waals surface area contributed by atoms with Crippen molar-refractivity contribution in [1.82, 2.24) is 16.0 Å². The molecule has 0 unspecified atom stereocenters. The standard InChI is InChI=1S/C22H31N3O8/c1-2-5-14-7-9-15(10-8-14)19(28)23-13-4-3-6-16(20(29)30)24-22(33)25-17(21(31)32)11-12-18(26)27/h7-10,16-17H,2-6,11-13H2,1H3,(H,23,28)(H,26,27)(H,29,30)(H,31,32)(H2,24,25,33)/t16-,17-/m0/s1. The Morgan fingerprint density at radius 3 is 1.94 bits per heavy atom. The van der Waals surface area contributed by atoms with Crippen LogP contribution in [0.15, 0.2) is 24.3 Å². The summed E-state index contributed by atoms with van der Waals surface area (Å²) >= 11 is 0. The third kappa shape index (κ3) is 11.0. The Hall–Kier alpha value is -3.63. The predicted molar refractivity (Wildman–Crippen MR) is 118 cm³/mol. The summed E-state index contributed by atoms with van der Waals surface area (Å²) in [5.41, 5.74) is 1.69. The smallest absolute Gasteiger partial charge is 0.326 e. The quantitative estimate of drug-likeness (QED) is 0.211. The van der Waals surface area contributed by atoms with Crippen LogP contribution in [0.5, 0.6) is 0 Å². The molecule has 182 valence electrons. The monoisotopic (exact) mass is 465 g/mol. The lowest BCUT2D eigenvalue weighted by Crippen LogP contribution is -2.51. The van der Waals surface area contributed by atoms with E-state index in [1.54, 1.807) is 12.1 Å². The van der Waals surface area contributed by atoms with Crippen molar-refractivity contribution in [2.75, 3.05) is 6.54 Å². The summed E-state index contributed by atoms with van der Waals surface area (Å²) in [5.74, 6) is -4.16. The molecular formula is C22H31N3O8. The Morgan fingerprint density at radius 2 is 1.42 bits per heavy atom. The molecule has 0 aliphatic heterocycles. The van der Waals surface area contributed by atoms with Crippen LogP contribution in [0.3, 0.4) is 0 Å². The van der Waals surface area contributed by atoms with Gasteiger partial charge in [0.15, 0.2) is 0 Å². The van der Waals surface area contributed by atoms with E-state index in [-0.39, 0.29) is 18.7 Å². The number of rotatable bonds is 15. The van der Waals surface area contributed by atoms with Crippen LogP contribution < -0.4 is 16.0 Å². The lowest BCUT2D eigenvalue weighted by atomic mass is 10.1. The van der Waals surface area contributed by atoms with Gasteiger partial charge < -0.3 is 31.3 Å². The van der Waals surface area contributed by atoms with Crippen molar-refractivity contribution in [3.8, 4) is 0 Å². The molecule has 0 aliphatic rings. The number of aryl methyl sites for hydroxylation is 1. The van der Waals surface area contributed by atoms with Gasteiger partial charge in [-0.05, 0) is 49.8 Å². The summed E-state index contributed by atoms with van der Waals surface area (Å²) in [6, 6.07) is 3.59. The maximum absolute atomic E-state index is 12.2. The summed E-state index contributed by atoms with van der Waals surface area (Å²) in [5, 5.41) is 34.0. The molecule has 0 saturated heterocycles. The van der Waals surface area contributed by atoms with Crippen LogP contribution in [0, 0.1) is 0 Å². The van der Waals surface area contributed by atoms with E-state index in [4.69, 9.17) is 10.2 Å². The number of carboxylic acids is 3. The topological polar surface area (TPSA) is 182 Å². The molecule has 0 radical (unpaired) electrons. The van der Waals surface area contributed by atoms with E-state index in [0.29, 0.717) is 24.9 Å². The first-order chi connectivity index (χ1) is 15.6. The van der Waals surface area contributed by atoms with Gasteiger partial charge in [-0.25, -0.2) is 14.4 Å². The third-order valence-corrected chi connectivity index (χ3v) is 4.81. The predicted octanol–water partition coefficient (Wildman–Crippen LogP) is 1.61. The minimum Gasteiger partial charge on any atom is -0.481 e. The number of aliphatic carboxylic acids is 3. The molecule has 0 heterocycles. The first-order valence-corrected chi connectivity index (χ1v) is 10.8. The van der Waals surface area contributed by atoms with Crippen molar-refractivity contribution in [3.05, 3.63) is 35.4 Å². The number of urea groups is 1. The Balaban J connectivity index is 2.41. The first kappa shape index (κ1) is 27.4. The molecule has 1 rings (SSSR count). The number of carbonyl (C=O) groups is 5. The zero-order chi connectivity index (χ0) is 24.8. The van der Waals surface area contributed by atoms with Gasteiger partial charge in [-0.3, -0.25) is 9.59 Å². The molecule has 0 aromatic heterocycles. The van der Waals surface area contributed by atoms with Gasteiger partial charge in [0.2, 0.25) is 0 Å². The number of benzene rings is 1. The first-order valence-electron chi connectivity index (χ1n) is 10.8. The molecule has 2 atom stereocenters. The van der Waals surface area contributed by atoms with E-state index in [1.165, 1.54) is 0 Å². The van der Waals surface area contributed by atoms with Gasteiger partial charge >= 0.3 is 23.9 Å². The second-order valence-electron chi connectivity index (χ2n) is 7.53. The molecule has 0 aliphatic carbocycles. The molecule has 0 spiro atoms. The van der Waals surface area contributed by atoms with Crippen molar-refractivity contribution in [1.29, 1.82) is 0 Å². The molecule has 11 nitrogen and oxygen atoms in total. The van der Waals surface area contributed by atoms with Crippen LogP contribution in [-0.4, -0.2) is 63.8 Å². The average molecular weight is 466 g/mol. The molecule has 11 heteroatoms. The van der Waals surface area contributed by atoms with Gasteiger partial charge in [-0.2, -0.15) is 0 Å². The van der Waals surface area contributed by atoms with Gasteiger partial charge in [0.05, 0.1) is 0 Å². The summed E-state index contributed by atoms with van der Waals surface area (Å²) in [6.07, 6.45) is 2.09. The fraction of sp³-hybridized carbons (Fsp3) is 0.500. The molecule has 1 aromatic carbocycles. The maximum Gasteiger partial charge on any atom is 0.326 e. The van der Waals surface area contributed by atoms with Crippen LogP contribution in [0.25, 0.3) is 0 Å². The lowest BCUT2D eigenvalue weighted by molar-refractivity contribution is -0.140. The molecule has 0 fully saturated rings. The molecule has 0 bridgehead atoms. The Morgan fingerprint density at radius 1 is 0.848 bits per heavy atom. The molecule has 1 aromatic rings. The van der Waals surface area contributed by atoms with Gasteiger partial charge in [0, 0.05) is 18.5 Å². The van der Waals surface area contributed by atoms with Crippen LogP contribution in [0.1, 0.15) is 61.4 Å². The molecule has 6 N–H and O–H groups in total. The number of amides is 3. The number of unbranched alkanes of at least 4 members (excludes halogenated alkanes) is 1. The second-order valence-corrected chi connectivity index (χ2v) is 7.53. The third-order valence-electron chi connectivity index (χ3n) is 4.81. The number of nitrogens with one attached hydrogen (secondary N) is 3. The Labute approximate surface area is 191 Å². The van der Waals surface area contributed by atoms with E-state index < -0.39 is 42.4 Å². The van der Waals surface area contributed by atoms with E-state index in [1.807, 2.05) is 12.1 Å². The number of carbonyl (C=O) groups excluding carboxylic acids is 2. The van der Waals surface area contributed by atoms with Gasteiger partial charge in [-0.1, -0.05) is 25.5 Å². The van der Waals surface area contributed by atoms with E-state index in [2.05, 4.69) is 22.9 Å². The second kappa shape index (κ2) is 14.4. The van der Waals surface area contributed by atoms with Crippen molar-refractivity contribution >= 4 is 29.8 Å².